The maximum absolute atomic E-state index is 13.8. The minimum atomic E-state index is -0.875. The molecular formula is C21H21FN2O3. The molecule has 0 aliphatic rings. The van der Waals surface area contributed by atoms with Crippen LogP contribution in [0.15, 0.2) is 42.5 Å². The summed E-state index contributed by atoms with van der Waals surface area (Å²) in [6.45, 7) is 5.11. The van der Waals surface area contributed by atoms with Gasteiger partial charge >= 0.3 is 5.97 Å². The molecule has 140 valence electrons. The van der Waals surface area contributed by atoms with Gasteiger partial charge in [-0.3, -0.25) is 4.79 Å². The topological polar surface area (TPSA) is 79.2 Å². The van der Waals surface area contributed by atoms with Gasteiger partial charge in [-0.2, -0.15) is 5.26 Å². The summed E-state index contributed by atoms with van der Waals surface area (Å²) in [5.74, 6) is -1.83. The number of esters is 1. The quantitative estimate of drug-likeness (QED) is 0.792. The van der Waals surface area contributed by atoms with E-state index >= 15 is 0 Å². The van der Waals surface area contributed by atoms with E-state index in [2.05, 4.69) is 5.32 Å². The van der Waals surface area contributed by atoms with Gasteiger partial charge in [0.2, 0.25) is 0 Å². The Morgan fingerprint density at radius 2 is 1.96 bits per heavy atom. The maximum Gasteiger partial charge on any atom is 0.329 e. The lowest BCUT2D eigenvalue weighted by atomic mass is 10.0. The van der Waals surface area contributed by atoms with Crippen LogP contribution in [0.4, 0.5) is 4.39 Å². The second kappa shape index (κ2) is 8.95. The van der Waals surface area contributed by atoms with E-state index in [9.17, 15) is 14.0 Å². The molecule has 6 heteroatoms. The van der Waals surface area contributed by atoms with Crippen LogP contribution in [0.2, 0.25) is 0 Å². The van der Waals surface area contributed by atoms with Crippen LogP contribution in [-0.2, 0) is 16.1 Å². The Hall–Kier alpha value is -3.20. The van der Waals surface area contributed by atoms with E-state index in [1.165, 1.54) is 12.1 Å². The predicted octanol–water partition coefficient (Wildman–Crippen LogP) is 3.50. The van der Waals surface area contributed by atoms with Gasteiger partial charge in [0.25, 0.3) is 5.91 Å². The van der Waals surface area contributed by atoms with Gasteiger partial charge in [0, 0.05) is 11.1 Å². The van der Waals surface area contributed by atoms with E-state index in [0.717, 1.165) is 11.6 Å². The van der Waals surface area contributed by atoms with Crippen molar-refractivity contribution in [1.29, 1.82) is 5.26 Å². The Morgan fingerprint density at radius 3 is 2.59 bits per heavy atom. The van der Waals surface area contributed by atoms with Gasteiger partial charge in [0.05, 0.1) is 11.6 Å². The molecule has 5 nitrogen and oxygen atoms in total. The van der Waals surface area contributed by atoms with Gasteiger partial charge < -0.3 is 10.1 Å². The number of carbonyl (C=O) groups excluding carboxylic acids is 2. The summed E-state index contributed by atoms with van der Waals surface area (Å²) >= 11 is 0. The zero-order valence-corrected chi connectivity index (χ0v) is 15.5. The molecule has 1 amide bonds. The summed E-state index contributed by atoms with van der Waals surface area (Å²) in [6, 6.07) is 11.9. The van der Waals surface area contributed by atoms with Gasteiger partial charge in [-0.25, -0.2) is 9.18 Å². The zero-order chi connectivity index (χ0) is 20.0. The minimum Gasteiger partial charge on any atom is -0.459 e. The molecular weight excluding hydrogens is 347 g/mol. The highest BCUT2D eigenvalue weighted by atomic mass is 19.1. The van der Waals surface area contributed by atoms with Gasteiger partial charge in [-0.15, -0.1) is 0 Å². The van der Waals surface area contributed by atoms with Crippen molar-refractivity contribution in [2.24, 2.45) is 5.92 Å². The summed E-state index contributed by atoms with van der Waals surface area (Å²) in [5, 5.41) is 11.6. The Labute approximate surface area is 157 Å². The Bertz CT molecular complexity index is 887. The second-order valence-electron chi connectivity index (χ2n) is 6.59. The third-order valence-corrected chi connectivity index (χ3v) is 4.03. The highest BCUT2D eigenvalue weighted by Crippen LogP contribution is 2.14. The lowest BCUT2D eigenvalue weighted by Gasteiger charge is -2.21. The molecule has 0 spiro atoms. The molecule has 0 fully saturated rings. The van der Waals surface area contributed by atoms with E-state index in [1.807, 2.05) is 19.1 Å². The van der Waals surface area contributed by atoms with Crippen molar-refractivity contribution < 1.29 is 18.7 Å². The average molecular weight is 368 g/mol. The number of amides is 1. The number of hydrogen-bond acceptors (Lipinski definition) is 4. The molecule has 1 N–H and O–H groups in total. The maximum atomic E-state index is 13.8. The van der Waals surface area contributed by atoms with Gasteiger partial charge in [-0.05, 0) is 43.2 Å². The summed E-state index contributed by atoms with van der Waals surface area (Å²) in [4.78, 5) is 24.8. The van der Waals surface area contributed by atoms with Gasteiger partial charge in [0.1, 0.15) is 18.5 Å². The first kappa shape index (κ1) is 20.1. The highest BCUT2D eigenvalue weighted by molar-refractivity contribution is 5.97. The van der Waals surface area contributed by atoms with Crippen LogP contribution >= 0.6 is 0 Å². The van der Waals surface area contributed by atoms with Crippen LogP contribution in [0.5, 0.6) is 0 Å². The van der Waals surface area contributed by atoms with E-state index in [4.69, 9.17) is 10.00 Å². The number of ether oxygens (including phenoxy) is 1. The summed E-state index contributed by atoms with van der Waals surface area (Å²) in [5.41, 5.74) is 1.76. The lowest BCUT2D eigenvalue weighted by molar-refractivity contribution is -0.148. The van der Waals surface area contributed by atoms with Crippen molar-refractivity contribution in [2.45, 2.75) is 33.4 Å². The van der Waals surface area contributed by atoms with Crippen molar-refractivity contribution in [3.05, 3.63) is 70.5 Å². The molecule has 0 saturated heterocycles. The van der Waals surface area contributed by atoms with Gasteiger partial charge in [0.15, 0.2) is 0 Å². The van der Waals surface area contributed by atoms with Crippen molar-refractivity contribution >= 4 is 11.9 Å². The Morgan fingerprint density at radius 1 is 1.22 bits per heavy atom. The highest BCUT2D eigenvalue weighted by Gasteiger charge is 2.26. The molecule has 27 heavy (non-hydrogen) atoms. The summed E-state index contributed by atoms with van der Waals surface area (Å²) < 4.78 is 19.0. The fourth-order valence-electron chi connectivity index (χ4n) is 2.50. The molecule has 0 heterocycles. The van der Waals surface area contributed by atoms with Crippen LogP contribution < -0.4 is 5.32 Å². The van der Waals surface area contributed by atoms with Crippen molar-refractivity contribution in [3.63, 3.8) is 0 Å². The largest absolute Gasteiger partial charge is 0.459 e. The van der Waals surface area contributed by atoms with Crippen LogP contribution in [0.25, 0.3) is 0 Å². The van der Waals surface area contributed by atoms with Crippen molar-refractivity contribution in [1.82, 2.24) is 5.32 Å². The molecule has 0 aliphatic carbocycles. The first-order chi connectivity index (χ1) is 12.8. The molecule has 0 bridgehead atoms. The fourth-order valence-corrected chi connectivity index (χ4v) is 2.50. The van der Waals surface area contributed by atoms with E-state index in [0.29, 0.717) is 5.56 Å². The number of nitrogens with zero attached hydrogens (tertiary/aromatic N) is 1. The molecule has 2 aromatic rings. The van der Waals surface area contributed by atoms with Crippen molar-refractivity contribution in [2.75, 3.05) is 0 Å². The second-order valence-corrected chi connectivity index (χ2v) is 6.59. The number of rotatable bonds is 6. The van der Waals surface area contributed by atoms with Crippen LogP contribution in [0, 0.1) is 30.0 Å². The average Bonchev–Trinajstić information content (AvgIpc) is 2.64. The van der Waals surface area contributed by atoms with E-state index in [1.54, 1.807) is 32.0 Å². The molecule has 1 atom stereocenters. The number of nitrogens with one attached hydrogen (secondary N) is 1. The number of hydrogen-bond donors (Lipinski definition) is 1. The Kier molecular flexibility index (Phi) is 6.67. The van der Waals surface area contributed by atoms with Gasteiger partial charge in [-0.1, -0.05) is 31.5 Å². The number of aryl methyl sites for hydroxylation is 1. The Balaban J connectivity index is 2.07. The van der Waals surface area contributed by atoms with E-state index in [-0.39, 0.29) is 29.6 Å². The number of nitriles is 1. The summed E-state index contributed by atoms with van der Waals surface area (Å²) in [7, 11) is 0. The van der Waals surface area contributed by atoms with Crippen LogP contribution in [-0.4, -0.2) is 17.9 Å². The normalized spacial score (nSPS) is 11.6. The van der Waals surface area contributed by atoms with Crippen LogP contribution in [0.3, 0.4) is 0 Å². The molecule has 0 radical (unpaired) electrons. The van der Waals surface area contributed by atoms with E-state index < -0.39 is 17.8 Å². The predicted molar refractivity (Wildman–Crippen MR) is 98.2 cm³/mol. The monoisotopic (exact) mass is 368 g/mol. The summed E-state index contributed by atoms with van der Waals surface area (Å²) in [6.07, 6.45) is 0. The SMILES string of the molecule is Cc1cccc(C(=O)N[C@H](C(=O)OCc2cc(C#N)ccc2F)C(C)C)c1. The molecule has 2 aromatic carbocycles. The fraction of sp³-hybridized carbons (Fsp3) is 0.286. The third-order valence-electron chi connectivity index (χ3n) is 4.03. The molecule has 0 aliphatic heterocycles. The standard InChI is InChI=1S/C21H21FN2O3/c1-13(2)19(24-20(25)16-6-4-5-14(3)9-16)21(26)27-12-17-10-15(11-23)7-8-18(17)22/h4-10,13,19H,12H2,1-3H3,(H,24,25)/t19-/m0/s1. The zero-order valence-electron chi connectivity index (χ0n) is 15.5. The molecule has 0 unspecified atom stereocenters. The van der Waals surface area contributed by atoms with Crippen LogP contribution in [0.1, 0.15) is 40.9 Å². The number of benzene rings is 2. The minimum absolute atomic E-state index is 0.106. The third kappa shape index (κ3) is 5.38. The first-order valence-electron chi connectivity index (χ1n) is 8.54. The first-order valence-corrected chi connectivity index (χ1v) is 8.54. The molecule has 0 aromatic heterocycles. The smallest absolute Gasteiger partial charge is 0.329 e. The number of halogens is 1. The number of carbonyl (C=O) groups is 2. The molecule has 2 rings (SSSR count). The molecule has 0 saturated carbocycles. The van der Waals surface area contributed by atoms with Crippen molar-refractivity contribution in [3.8, 4) is 6.07 Å². The lowest BCUT2D eigenvalue weighted by Crippen LogP contribution is -2.45.